The fourth-order valence-electron chi connectivity index (χ4n) is 2.87. The van der Waals surface area contributed by atoms with Crippen LogP contribution < -0.4 is 10.1 Å². The van der Waals surface area contributed by atoms with Gasteiger partial charge in [-0.25, -0.2) is 4.39 Å². The Bertz CT molecular complexity index is 1210. The van der Waals surface area contributed by atoms with Crippen molar-refractivity contribution in [2.75, 3.05) is 11.9 Å². The van der Waals surface area contributed by atoms with Gasteiger partial charge in [0.1, 0.15) is 17.3 Å². The van der Waals surface area contributed by atoms with Crippen LogP contribution in [0.15, 0.2) is 59.1 Å². The zero-order chi connectivity index (χ0) is 20.4. The predicted molar refractivity (Wildman–Crippen MR) is 110 cm³/mol. The maximum Gasteiger partial charge on any atom is 0.262 e. The maximum atomic E-state index is 14.1. The van der Waals surface area contributed by atoms with E-state index in [1.807, 2.05) is 30.3 Å². The van der Waals surface area contributed by atoms with Gasteiger partial charge in [-0.1, -0.05) is 30.3 Å². The van der Waals surface area contributed by atoms with Gasteiger partial charge in [0.25, 0.3) is 5.91 Å². The highest BCUT2D eigenvalue weighted by molar-refractivity contribution is 9.10. The summed E-state index contributed by atoms with van der Waals surface area (Å²) in [4.78, 5) is 12.3. The van der Waals surface area contributed by atoms with Gasteiger partial charge in [0.15, 0.2) is 12.4 Å². The van der Waals surface area contributed by atoms with Crippen LogP contribution in [0.5, 0.6) is 5.75 Å². The lowest BCUT2D eigenvalue weighted by atomic mass is 10.1. The Balaban J connectivity index is 1.47. The first kappa shape index (κ1) is 19.0. The van der Waals surface area contributed by atoms with Gasteiger partial charge in [0, 0.05) is 5.69 Å². The number of aryl methyl sites for hydroxylation is 1. The Hall–Kier alpha value is -3.33. The number of carbonyl (C=O) groups excluding carboxylic acids is 1. The number of nitrogens with one attached hydrogen (secondary N) is 1. The topological polar surface area (TPSA) is 81.9 Å². The lowest BCUT2D eigenvalue weighted by molar-refractivity contribution is -0.118. The molecule has 0 spiro atoms. The van der Waals surface area contributed by atoms with Crippen LogP contribution in [0, 0.1) is 12.7 Å². The van der Waals surface area contributed by atoms with Crippen molar-refractivity contribution in [3.63, 3.8) is 0 Å². The third-order valence-corrected chi connectivity index (χ3v) is 5.09. The van der Waals surface area contributed by atoms with Crippen molar-refractivity contribution in [1.29, 1.82) is 0 Å². The molecule has 0 aliphatic carbocycles. The van der Waals surface area contributed by atoms with Crippen molar-refractivity contribution >= 4 is 38.3 Å². The summed E-state index contributed by atoms with van der Waals surface area (Å²) >= 11 is 3.53. The minimum Gasteiger partial charge on any atom is -0.483 e. The fraction of sp³-hybridized carbons (Fsp3) is 0.100. The number of ether oxygens (including phenoxy) is 1. The second-order valence-corrected chi connectivity index (χ2v) is 7.03. The van der Waals surface area contributed by atoms with Gasteiger partial charge >= 0.3 is 0 Å². The zero-order valence-corrected chi connectivity index (χ0v) is 16.9. The first-order chi connectivity index (χ1) is 14.0. The molecule has 0 unspecified atom stereocenters. The highest BCUT2D eigenvalue weighted by Gasteiger charge is 2.13. The molecule has 9 heteroatoms. The molecule has 0 aliphatic rings. The number of tetrazole rings is 1. The van der Waals surface area contributed by atoms with Gasteiger partial charge in [-0.3, -0.25) is 4.79 Å². The summed E-state index contributed by atoms with van der Waals surface area (Å²) in [6.45, 7) is 1.45. The van der Waals surface area contributed by atoms with Gasteiger partial charge in [0.05, 0.1) is 4.47 Å². The molecule has 1 heterocycles. The van der Waals surface area contributed by atoms with Crippen LogP contribution in [0.1, 0.15) is 5.82 Å². The third kappa shape index (κ3) is 3.95. The predicted octanol–water partition coefficient (Wildman–Crippen LogP) is 4.04. The SMILES string of the molecule is Cc1nnnn1-c1cc(NC(=O)COc2ccc3ccccc3c2Br)ccc1F. The van der Waals surface area contributed by atoms with E-state index in [1.54, 1.807) is 13.0 Å². The molecule has 29 heavy (non-hydrogen) atoms. The molecule has 0 fully saturated rings. The molecule has 0 aliphatic heterocycles. The van der Waals surface area contributed by atoms with Crippen molar-refractivity contribution in [3.8, 4) is 11.4 Å². The van der Waals surface area contributed by atoms with Crippen LogP contribution in [-0.2, 0) is 4.79 Å². The first-order valence-corrected chi connectivity index (χ1v) is 9.47. The number of hydrogen-bond acceptors (Lipinski definition) is 5. The van der Waals surface area contributed by atoms with E-state index in [4.69, 9.17) is 4.74 Å². The van der Waals surface area contributed by atoms with E-state index >= 15 is 0 Å². The van der Waals surface area contributed by atoms with Crippen molar-refractivity contribution in [3.05, 3.63) is 70.7 Å². The molecular weight excluding hydrogens is 441 g/mol. The Morgan fingerprint density at radius 3 is 2.83 bits per heavy atom. The number of aromatic nitrogens is 4. The number of rotatable bonds is 5. The molecule has 0 atom stereocenters. The Morgan fingerprint density at radius 1 is 1.21 bits per heavy atom. The number of anilines is 1. The summed E-state index contributed by atoms with van der Waals surface area (Å²) in [5, 5.41) is 15.7. The number of hydrogen-bond donors (Lipinski definition) is 1. The monoisotopic (exact) mass is 455 g/mol. The minimum atomic E-state index is -0.505. The van der Waals surface area contributed by atoms with Crippen molar-refractivity contribution in [2.24, 2.45) is 0 Å². The number of nitrogens with zero attached hydrogens (tertiary/aromatic N) is 4. The van der Waals surface area contributed by atoms with Gasteiger partial charge in [-0.05, 0) is 68.3 Å². The molecule has 1 aromatic heterocycles. The largest absolute Gasteiger partial charge is 0.483 e. The lowest BCUT2D eigenvalue weighted by Crippen LogP contribution is -2.20. The summed E-state index contributed by atoms with van der Waals surface area (Å²) in [6.07, 6.45) is 0. The van der Waals surface area contributed by atoms with Crippen LogP contribution in [0.4, 0.5) is 10.1 Å². The molecule has 3 aromatic carbocycles. The van der Waals surface area contributed by atoms with Crippen LogP contribution in [-0.4, -0.2) is 32.7 Å². The number of carbonyl (C=O) groups is 1. The smallest absolute Gasteiger partial charge is 0.262 e. The molecule has 0 radical (unpaired) electrons. The van der Waals surface area contributed by atoms with E-state index in [0.717, 1.165) is 15.2 Å². The molecule has 4 aromatic rings. The van der Waals surface area contributed by atoms with Crippen LogP contribution in [0.3, 0.4) is 0 Å². The second kappa shape index (κ2) is 7.96. The summed E-state index contributed by atoms with van der Waals surface area (Å²) in [5.41, 5.74) is 0.547. The highest BCUT2D eigenvalue weighted by Crippen LogP contribution is 2.33. The van der Waals surface area contributed by atoms with Gasteiger partial charge in [-0.2, -0.15) is 4.68 Å². The Labute approximate surface area is 173 Å². The Morgan fingerprint density at radius 2 is 2.03 bits per heavy atom. The maximum absolute atomic E-state index is 14.1. The van der Waals surface area contributed by atoms with E-state index < -0.39 is 5.82 Å². The van der Waals surface area contributed by atoms with Crippen molar-refractivity contribution in [2.45, 2.75) is 6.92 Å². The molecule has 7 nitrogen and oxygen atoms in total. The average molecular weight is 456 g/mol. The molecule has 4 rings (SSSR count). The highest BCUT2D eigenvalue weighted by atomic mass is 79.9. The molecule has 0 saturated heterocycles. The number of fused-ring (bicyclic) bond motifs is 1. The molecule has 0 saturated carbocycles. The summed E-state index contributed by atoms with van der Waals surface area (Å²) in [5.74, 6) is 0.102. The third-order valence-electron chi connectivity index (χ3n) is 4.27. The van der Waals surface area contributed by atoms with Crippen molar-refractivity contribution in [1.82, 2.24) is 20.2 Å². The summed E-state index contributed by atoms with van der Waals surface area (Å²) in [6, 6.07) is 15.7. The first-order valence-electron chi connectivity index (χ1n) is 8.68. The quantitative estimate of drug-likeness (QED) is 0.490. The minimum absolute atomic E-state index is 0.142. The summed E-state index contributed by atoms with van der Waals surface area (Å²) in [7, 11) is 0. The molecule has 1 N–H and O–H groups in total. The summed E-state index contributed by atoms with van der Waals surface area (Å²) < 4.78 is 21.8. The zero-order valence-electron chi connectivity index (χ0n) is 15.3. The van der Waals surface area contributed by atoms with E-state index in [1.165, 1.54) is 22.9 Å². The number of benzene rings is 3. The molecule has 1 amide bonds. The van der Waals surface area contributed by atoms with Crippen LogP contribution in [0.2, 0.25) is 0 Å². The molecule has 146 valence electrons. The lowest BCUT2D eigenvalue weighted by Gasteiger charge is -2.11. The van der Waals surface area contributed by atoms with Gasteiger partial charge < -0.3 is 10.1 Å². The van der Waals surface area contributed by atoms with Crippen LogP contribution in [0.25, 0.3) is 16.5 Å². The fourth-order valence-corrected chi connectivity index (χ4v) is 3.48. The number of halogens is 2. The standard InChI is InChI=1S/C20H15BrFN5O2/c1-12-24-25-26-27(12)17-10-14(7-8-16(17)22)23-19(28)11-29-18-9-6-13-4-2-3-5-15(13)20(18)21/h2-10H,11H2,1H3,(H,23,28). The average Bonchev–Trinajstić information content (AvgIpc) is 3.15. The van der Waals surface area contributed by atoms with E-state index in [9.17, 15) is 9.18 Å². The van der Waals surface area contributed by atoms with Crippen LogP contribution >= 0.6 is 15.9 Å². The molecular formula is C20H15BrFN5O2. The second-order valence-electron chi connectivity index (χ2n) is 6.24. The number of amides is 1. The van der Waals surface area contributed by atoms with E-state index in [-0.39, 0.29) is 18.2 Å². The van der Waals surface area contributed by atoms with Gasteiger partial charge in [0.2, 0.25) is 0 Å². The normalized spacial score (nSPS) is 10.9. The van der Waals surface area contributed by atoms with E-state index in [2.05, 4.69) is 36.8 Å². The van der Waals surface area contributed by atoms with E-state index in [0.29, 0.717) is 17.3 Å². The van der Waals surface area contributed by atoms with Crippen molar-refractivity contribution < 1.29 is 13.9 Å². The molecule has 0 bridgehead atoms. The van der Waals surface area contributed by atoms with Gasteiger partial charge in [-0.15, -0.1) is 5.10 Å². The Kier molecular flexibility index (Phi) is 5.22.